The van der Waals surface area contributed by atoms with Crippen molar-refractivity contribution in [2.75, 3.05) is 12.8 Å². The van der Waals surface area contributed by atoms with Crippen molar-refractivity contribution in [3.05, 3.63) is 48.7 Å². The molecule has 0 bridgehead atoms. The summed E-state index contributed by atoms with van der Waals surface area (Å²) in [6, 6.07) is 9.67. The van der Waals surface area contributed by atoms with Crippen molar-refractivity contribution >= 4 is 16.9 Å². The third-order valence-corrected chi connectivity index (χ3v) is 3.30. The molecular formula is C14H20N2OS. The number of aliphatic imine (C=N–C) groups is 1. The summed E-state index contributed by atoms with van der Waals surface area (Å²) in [5.41, 5.74) is 0.0743. The molecular weight excluding hydrogens is 244 g/mol. The van der Waals surface area contributed by atoms with E-state index in [0.29, 0.717) is 13.0 Å². The van der Waals surface area contributed by atoms with Crippen molar-refractivity contribution in [1.29, 1.82) is 0 Å². The zero-order valence-corrected chi connectivity index (χ0v) is 11.7. The monoisotopic (exact) mass is 264 g/mol. The minimum absolute atomic E-state index is 0.568. The summed E-state index contributed by atoms with van der Waals surface area (Å²) in [5.74, 6) is 0. The smallest absolute Gasteiger partial charge is 0.160 e. The number of thioether (sulfide) groups is 1. The highest BCUT2D eigenvalue weighted by atomic mass is 32.2. The van der Waals surface area contributed by atoms with Crippen LogP contribution in [0.15, 0.2) is 48.1 Å². The fraction of sp³-hybridized carbons (Fsp3) is 0.357. The van der Waals surface area contributed by atoms with Crippen LogP contribution in [0, 0.1) is 0 Å². The topological polar surface area (TPSA) is 44.6 Å². The number of amidine groups is 1. The van der Waals surface area contributed by atoms with Gasteiger partial charge in [-0.25, -0.2) is 0 Å². The molecule has 18 heavy (non-hydrogen) atoms. The minimum atomic E-state index is -0.845. The van der Waals surface area contributed by atoms with Crippen LogP contribution in [-0.4, -0.2) is 23.1 Å². The van der Waals surface area contributed by atoms with E-state index in [1.54, 1.807) is 6.20 Å². The maximum atomic E-state index is 10.4. The Labute approximate surface area is 113 Å². The number of hydrogen-bond donors (Lipinski definition) is 2. The Kier molecular flexibility index (Phi) is 5.95. The molecule has 0 aliphatic carbocycles. The van der Waals surface area contributed by atoms with Gasteiger partial charge in [0, 0.05) is 6.54 Å². The van der Waals surface area contributed by atoms with Crippen LogP contribution in [0.4, 0.5) is 0 Å². The maximum Gasteiger partial charge on any atom is 0.160 e. The van der Waals surface area contributed by atoms with E-state index in [0.717, 1.165) is 10.7 Å². The fourth-order valence-electron chi connectivity index (χ4n) is 1.57. The normalized spacial score (nSPS) is 14.9. The molecule has 0 saturated carbocycles. The van der Waals surface area contributed by atoms with Crippen LogP contribution in [0.5, 0.6) is 0 Å². The van der Waals surface area contributed by atoms with Gasteiger partial charge < -0.3 is 10.4 Å². The Bertz CT molecular complexity index is 402. The summed E-state index contributed by atoms with van der Waals surface area (Å²) in [6.07, 6.45) is 4.13. The first-order valence-electron chi connectivity index (χ1n) is 5.84. The van der Waals surface area contributed by atoms with Gasteiger partial charge in [0.15, 0.2) is 5.17 Å². The summed E-state index contributed by atoms with van der Waals surface area (Å²) >= 11 is 1.53. The van der Waals surface area contributed by atoms with Gasteiger partial charge in [-0.3, -0.25) is 4.99 Å². The van der Waals surface area contributed by atoms with E-state index in [-0.39, 0.29) is 0 Å². The highest BCUT2D eigenvalue weighted by Crippen LogP contribution is 2.23. The van der Waals surface area contributed by atoms with Gasteiger partial charge in [-0.2, -0.15) is 0 Å². The van der Waals surface area contributed by atoms with E-state index in [9.17, 15) is 5.11 Å². The summed E-state index contributed by atoms with van der Waals surface area (Å²) in [7, 11) is 0. The standard InChI is InChI=1S/C14H20N2OS/c1-4-15-13(18-3)16-11-10-14(2,17)12-8-6-5-7-9-12/h4-9,17H,1,10-11H2,2-3H3,(H,15,16). The van der Waals surface area contributed by atoms with Gasteiger partial charge in [0.05, 0.1) is 5.60 Å². The van der Waals surface area contributed by atoms with E-state index in [2.05, 4.69) is 16.9 Å². The van der Waals surface area contributed by atoms with Crippen LogP contribution < -0.4 is 5.32 Å². The van der Waals surface area contributed by atoms with E-state index in [1.165, 1.54) is 11.8 Å². The molecule has 0 radical (unpaired) electrons. The predicted octanol–water partition coefficient (Wildman–Crippen LogP) is 2.74. The van der Waals surface area contributed by atoms with Gasteiger partial charge in [0.1, 0.15) is 0 Å². The molecule has 1 unspecified atom stereocenters. The average Bonchev–Trinajstić information content (AvgIpc) is 2.38. The molecule has 0 amide bonds. The van der Waals surface area contributed by atoms with Crippen LogP contribution in [-0.2, 0) is 5.60 Å². The molecule has 1 atom stereocenters. The summed E-state index contributed by atoms with van der Waals surface area (Å²) in [5, 5.41) is 14.2. The van der Waals surface area contributed by atoms with Crippen LogP contribution in [0.2, 0.25) is 0 Å². The molecule has 1 aromatic rings. The Hall–Kier alpha value is -1.26. The Morgan fingerprint density at radius 2 is 2.17 bits per heavy atom. The molecule has 0 aromatic heterocycles. The van der Waals surface area contributed by atoms with Crippen LogP contribution in [0.1, 0.15) is 18.9 Å². The van der Waals surface area contributed by atoms with Gasteiger partial charge in [-0.1, -0.05) is 48.7 Å². The lowest BCUT2D eigenvalue weighted by molar-refractivity contribution is 0.0506. The number of nitrogens with one attached hydrogen (secondary N) is 1. The van der Waals surface area contributed by atoms with Crippen LogP contribution >= 0.6 is 11.8 Å². The molecule has 0 aliphatic rings. The quantitative estimate of drug-likeness (QED) is 0.635. The third-order valence-electron chi connectivity index (χ3n) is 2.67. The summed E-state index contributed by atoms with van der Waals surface area (Å²) in [6.45, 7) is 5.98. The molecule has 1 rings (SSSR count). The molecule has 0 heterocycles. The largest absolute Gasteiger partial charge is 0.385 e. The molecule has 4 heteroatoms. The predicted molar refractivity (Wildman–Crippen MR) is 79.8 cm³/mol. The van der Waals surface area contributed by atoms with Gasteiger partial charge >= 0.3 is 0 Å². The molecule has 3 nitrogen and oxygen atoms in total. The zero-order valence-electron chi connectivity index (χ0n) is 10.9. The van der Waals surface area contributed by atoms with E-state index in [1.807, 2.05) is 43.5 Å². The molecule has 0 saturated heterocycles. The highest BCUT2D eigenvalue weighted by Gasteiger charge is 2.21. The number of hydrogen-bond acceptors (Lipinski definition) is 3. The van der Waals surface area contributed by atoms with E-state index >= 15 is 0 Å². The first-order valence-corrected chi connectivity index (χ1v) is 7.06. The molecule has 98 valence electrons. The van der Waals surface area contributed by atoms with Crippen molar-refractivity contribution in [3.63, 3.8) is 0 Å². The maximum absolute atomic E-state index is 10.4. The number of rotatable bonds is 5. The van der Waals surface area contributed by atoms with Crippen molar-refractivity contribution in [1.82, 2.24) is 5.32 Å². The number of nitrogens with zero attached hydrogens (tertiary/aromatic N) is 1. The number of aliphatic hydroxyl groups is 1. The van der Waals surface area contributed by atoms with Crippen LogP contribution in [0.3, 0.4) is 0 Å². The van der Waals surface area contributed by atoms with Crippen molar-refractivity contribution in [2.45, 2.75) is 18.9 Å². The van der Waals surface area contributed by atoms with Gasteiger partial charge in [-0.15, -0.1) is 0 Å². The van der Waals surface area contributed by atoms with Crippen molar-refractivity contribution in [2.24, 2.45) is 4.99 Å². The first kappa shape index (κ1) is 14.8. The second-order valence-electron chi connectivity index (χ2n) is 4.13. The summed E-state index contributed by atoms with van der Waals surface area (Å²) < 4.78 is 0. The highest BCUT2D eigenvalue weighted by molar-refractivity contribution is 8.13. The Morgan fingerprint density at radius 1 is 1.50 bits per heavy atom. The number of benzene rings is 1. The zero-order chi connectivity index (χ0) is 13.4. The van der Waals surface area contributed by atoms with Crippen molar-refractivity contribution < 1.29 is 5.11 Å². The fourth-order valence-corrected chi connectivity index (χ4v) is 1.99. The SMILES string of the molecule is C=CNC(=NCCC(C)(O)c1ccccc1)SC. The van der Waals surface area contributed by atoms with Crippen molar-refractivity contribution in [3.8, 4) is 0 Å². The molecule has 0 spiro atoms. The van der Waals surface area contributed by atoms with Gasteiger partial charge in [0.2, 0.25) is 0 Å². The lowest BCUT2D eigenvalue weighted by atomic mass is 9.93. The molecule has 2 N–H and O–H groups in total. The second kappa shape index (κ2) is 7.24. The third kappa shape index (κ3) is 4.55. The Morgan fingerprint density at radius 3 is 2.72 bits per heavy atom. The lowest BCUT2D eigenvalue weighted by Gasteiger charge is -2.23. The lowest BCUT2D eigenvalue weighted by Crippen LogP contribution is -2.23. The minimum Gasteiger partial charge on any atom is -0.385 e. The van der Waals surface area contributed by atoms with Crippen LogP contribution in [0.25, 0.3) is 0 Å². The first-order chi connectivity index (χ1) is 8.60. The molecule has 1 aromatic carbocycles. The van der Waals surface area contributed by atoms with Gasteiger partial charge in [0.25, 0.3) is 0 Å². The average molecular weight is 264 g/mol. The molecule has 0 fully saturated rings. The molecule has 0 aliphatic heterocycles. The van der Waals surface area contributed by atoms with E-state index < -0.39 is 5.60 Å². The van der Waals surface area contributed by atoms with E-state index in [4.69, 9.17) is 0 Å². The Balaban J connectivity index is 2.59. The second-order valence-corrected chi connectivity index (χ2v) is 4.92. The summed E-state index contributed by atoms with van der Waals surface area (Å²) in [4.78, 5) is 4.38. The van der Waals surface area contributed by atoms with Gasteiger partial charge in [-0.05, 0) is 31.4 Å².